The van der Waals surface area contributed by atoms with Crippen molar-refractivity contribution in [1.82, 2.24) is 5.32 Å². The number of carbonyl (C=O) groups excluding carboxylic acids is 2. The molecule has 1 N–H and O–H groups in total. The molecule has 0 bridgehead atoms. The van der Waals surface area contributed by atoms with E-state index in [9.17, 15) is 9.59 Å². The maximum absolute atomic E-state index is 12.4. The molecular formula is C21H35NO4. The molecule has 5 heteroatoms. The van der Waals surface area contributed by atoms with Gasteiger partial charge in [0.2, 0.25) is 0 Å². The average molecular weight is 366 g/mol. The standard InChI is InChI=1S/C21H35NO4/c1-7-8-9-25-17(23)12-21(13-22-19(24)26-20(4,5)6)11-16-10-14(2)15(3)18(16)21/h16,18H,7-13H2,1-6H3,(H,22,24)/t16-,18-,21-/m1/s1. The van der Waals surface area contributed by atoms with Gasteiger partial charge in [0.05, 0.1) is 13.0 Å². The van der Waals surface area contributed by atoms with Gasteiger partial charge in [-0.15, -0.1) is 0 Å². The first-order valence-electron chi connectivity index (χ1n) is 9.86. The molecule has 0 radical (unpaired) electrons. The Labute approximate surface area is 157 Å². The number of hydrogen-bond donors (Lipinski definition) is 1. The monoisotopic (exact) mass is 365 g/mol. The fourth-order valence-corrected chi connectivity index (χ4v) is 4.59. The van der Waals surface area contributed by atoms with Gasteiger partial charge in [0.15, 0.2) is 0 Å². The van der Waals surface area contributed by atoms with Crippen LogP contribution in [0.25, 0.3) is 0 Å². The van der Waals surface area contributed by atoms with E-state index in [0.717, 1.165) is 25.7 Å². The minimum atomic E-state index is -0.530. The molecule has 1 fully saturated rings. The predicted molar refractivity (Wildman–Crippen MR) is 102 cm³/mol. The Kier molecular flexibility index (Phi) is 6.41. The first-order chi connectivity index (χ1) is 12.1. The fourth-order valence-electron chi connectivity index (χ4n) is 4.59. The Morgan fingerprint density at radius 3 is 2.54 bits per heavy atom. The maximum atomic E-state index is 12.4. The summed E-state index contributed by atoms with van der Waals surface area (Å²) in [6, 6.07) is 0. The van der Waals surface area contributed by atoms with E-state index in [1.807, 2.05) is 20.8 Å². The highest BCUT2D eigenvalue weighted by molar-refractivity contribution is 5.72. The topological polar surface area (TPSA) is 64.6 Å². The number of amides is 1. The molecule has 3 atom stereocenters. The molecule has 2 aliphatic rings. The van der Waals surface area contributed by atoms with Gasteiger partial charge in [-0.1, -0.05) is 24.5 Å². The molecule has 2 aliphatic carbocycles. The Hall–Kier alpha value is -1.52. The summed E-state index contributed by atoms with van der Waals surface area (Å²) >= 11 is 0. The van der Waals surface area contributed by atoms with E-state index < -0.39 is 11.7 Å². The molecule has 0 heterocycles. The van der Waals surface area contributed by atoms with Crippen LogP contribution in [-0.4, -0.2) is 30.8 Å². The van der Waals surface area contributed by atoms with E-state index in [-0.39, 0.29) is 11.4 Å². The summed E-state index contributed by atoms with van der Waals surface area (Å²) in [6.07, 6.45) is 3.89. The number of nitrogens with one attached hydrogen (secondary N) is 1. The molecule has 2 rings (SSSR count). The third-order valence-electron chi connectivity index (χ3n) is 5.75. The Balaban J connectivity index is 2.04. The van der Waals surface area contributed by atoms with Crippen LogP contribution in [0.4, 0.5) is 4.79 Å². The van der Waals surface area contributed by atoms with E-state index in [2.05, 4.69) is 26.1 Å². The summed E-state index contributed by atoms with van der Waals surface area (Å²) in [4.78, 5) is 24.5. The fraction of sp³-hybridized carbons (Fsp3) is 0.810. The zero-order valence-corrected chi connectivity index (χ0v) is 17.2. The van der Waals surface area contributed by atoms with Gasteiger partial charge in [0, 0.05) is 12.0 Å². The van der Waals surface area contributed by atoms with Crippen molar-refractivity contribution in [3.63, 3.8) is 0 Å². The predicted octanol–water partition coefficient (Wildman–Crippen LogP) is 4.61. The number of ether oxygens (including phenoxy) is 2. The van der Waals surface area contributed by atoms with Crippen molar-refractivity contribution in [3.05, 3.63) is 11.1 Å². The second-order valence-electron chi connectivity index (χ2n) is 9.08. The lowest BCUT2D eigenvalue weighted by Gasteiger charge is -2.53. The van der Waals surface area contributed by atoms with Crippen LogP contribution >= 0.6 is 0 Å². The van der Waals surface area contributed by atoms with Gasteiger partial charge in [-0.2, -0.15) is 0 Å². The lowest BCUT2D eigenvalue weighted by Crippen LogP contribution is -2.54. The number of allylic oxidation sites excluding steroid dienone is 2. The molecule has 1 amide bonds. The van der Waals surface area contributed by atoms with Gasteiger partial charge in [0.1, 0.15) is 5.60 Å². The number of esters is 1. The SMILES string of the molecule is CCCCOC(=O)C[C@@]1(CNC(=O)OC(C)(C)C)C[C@H]2CC(C)=C(C)[C@H]21. The summed E-state index contributed by atoms with van der Waals surface area (Å²) in [7, 11) is 0. The molecule has 0 unspecified atom stereocenters. The lowest BCUT2D eigenvalue weighted by molar-refractivity contribution is -0.151. The number of alkyl carbamates (subject to hydrolysis) is 1. The number of fused-ring (bicyclic) bond motifs is 1. The molecule has 0 aromatic carbocycles. The first-order valence-corrected chi connectivity index (χ1v) is 9.86. The van der Waals surface area contributed by atoms with E-state index in [0.29, 0.717) is 31.4 Å². The van der Waals surface area contributed by atoms with Crippen molar-refractivity contribution in [1.29, 1.82) is 0 Å². The minimum absolute atomic E-state index is 0.153. The van der Waals surface area contributed by atoms with Crippen molar-refractivity contribution >= 4 is 12.1 Å². The van der Waals surface area contributed by atoms with Gasteiger partial charge in [-0.3, -0.25) is 4.79 Å². The Morgan fingerprint density at radius 2 is 1.96 bits per heavy atom. The quantitative estimate of drug-likeness (QED) is 0.406. The lowest BCUT2D eigenvalue weighted by atomic mass is 9.52. The van der Waals surface area contributed by atoms with Gasteiger partial charge in [-0.05, 0) is 65.7 Å². The first kappa shape index (κ1) is 20.8. The zero-order valence-electron chi connectivity index (χ0n) is 17.2. The average Bonchev–Trinajstić information content (AvgIpc) is 2.72. The number of carbonyl (C=O) groups is 2. The molecule has 148 valence electrons. The third-order valence-corrected chi connectivity index (χ3v) is 5.75. The van der Waals surface area contributed by atoms with Crippen LogP contribution in [0.2, 0.25) is 0 Å². The highest BCUT2D eigenvalue weighted by Crippen LogP contribution is 2.62. The summed E-state index contributed by atoms with van der Waals surface area (Å²) in [6.45, 7) is 12.9. The molecule has 5 nitrogen and oxygen atoms in total. The number of rotatable bonds is 7. The highest BCUT2D eigenvalue weighted by Gasteiger charge is 2.57. The maximum Gasteiger partial charge on any atom is 0.407 e. The van der Waals surface area contributed by atoms with Crippen molar-refractivity contribution in [2.24, 2.45) is 17.3 Å². The van der Waals surface area contributed by atoms with Crippen LogP contribution in [0.3, 0.4) is 0 Å². The molecule has 26 heavy (non-hydrogen) atoms. The van der Waals surface area contributed by atoms with Gasteiger partial charge in [0.25, 0.3) is 0 Å². The molecule has 0 aromatic heterocycles. The molecule has 0 saturated heterocycles. The van der Waals surface area contributed by atoms with Crippen LogP contribution in [-0.2, 0) is 14.3 Å². The molecular weight excluding hydrogens is 330 g/mol. The minimum Gasteiger partial charge on any atom is -0.466 e. The van der Waals surface area contributed by atoms with E-state index in [1.54, 1.807) is 0 Å². The summed E-state index contributed by atoms with van der Waals surface area (Å²) in [5.41, 5.74) is 2.04. The van der Waals surface area contributed by atoms with Gasteiger partial charge in [-0.25, -0.2) is 4.79 Å². The van der Waals surface area contributed by atoms with Crippen LogP contribution in [0, 0.1) is 17.3 Å². The van der Waals surface area contributed by atoms with E-state index in [1.165, 1.54) is 11.1 Å². The van der Waals surface area contributed by atoms with Crippen LogP contribution < -0.4 is 5.32 Å². The molecule has 0 aliphatic heterocycles. The molecule has 0 spiro atoms. The smallest absolute Gasteiger partial charge is 0.407 e. The van der Waals surface area contributed by atoms with Crippen LogP contribution in [0.1, 0.15) is 73.6 Å². The van der Waals surface area contributed by atoms with Crippen molar-refractivity contribution in [3.8, 4) is 0 Å². The highest BCUT2D eigenvalue weighted by atomic mass is 16.6. The summed E-state index contributed by atoms with van der Waals surface area (Å²) in [5.74, 6) is 0.801. The summed E-state index contributed by atoms with van der Waals surface area (Å²) < 4.78 is 10.8. The molecule has 1 saturated carbocycles. The molecule has 0 aromatic rings. The zero-order chi connectivity index (χ0) is 19.5. The summed E-state index contributed by atoms with van der Waals surface area (Å²) in [5, 5.41) is 2.91. The largest absolute Gasteiger partial charge is 0.466 e. The van der Waals surface area contributed by atoms with Crippen molar-refractivity contribution < 1.29 is 19.1 Å². The third kappa shape index (κ3) is 4.80. The Bertz CT molecular complexity index is 575. The number of hydrogen-bond acceptors (Lipinski definition) is 4. The van der Waals surface area contributed by atoms with Crippen molar-refractivity contribution in [2.75, 3.05) is 13.2 Å². The Morgan fingerprint density at radius 1 is 1.27 bits per heavy atom. The van der Waals surface area contributed by atoms with Crippen LogP contribution in [0.5, 0.6) is 0 Å². The van der Waals surface area contributed by atoms with Crippen molar-refractivity contribution in [2.45, 2.75) is 79.2 Å². The van der Waals surface area contributed by atoms with Crippen LogP contribution in [0.15, 0.2) is 11.1 Å². The second kappa shape index (κ2) is 8.01. The van der Waals surface area contributed by atoms with Gasteiger partial charge >= 0.3 is 12.1 Å². The van der Waals surface area contributed by atoms with Gasteiger partial charge < -0.3 is 14.8 Å². The van der Waals surface area contributed by atoms with E-state index in [4.69, 9.17) is 9.47 Å². The van der Waals surface area contributed by atoms with E-state index >= 15 is 0 Å². The normalized spacial score (nSPS) is 27.6. The second-order valence-corrected chi connectivity index (χ2v) is 9.08. The number of unbranched alkanes of at least 4 members (excludes halogenated alkanes) is 1.